The highest BCUT2D eigenvalue weighted by Gasteiger charge is 2.34. The topological polar surface area (TPSA) is 171 Å². The molecule has 0 saturated carbocycles. The van der Waals surface area contributed by atoms with Crippen molar-refractivity contribution in [3.63, 3.8) is 0 Å². The Morgan fingerprint density at radius 2 is 1.81 bits per heavy atom. The molecule has 3 aromatic carbocycles. The molecule has 1 aliphatic rings. The van der Waals surface area contributed by atoms with E-state index in [1.807, 2.05) is 12.1 Å². The summed E-state index contributed by atoms with van der Waals surface area (Å²) in [7, 11) is -4.16. The first kappa shape index (κ1) is 28.3. The summed E-state index contributed by atoms with van der Waals surface area (Å²) in [5.41, 5.74) is 7.04. The fourth-order valence-electron chi connectivity index (χ4n) is 4.83. The molecule has 0 radical (unpaired) electrons. The second-order valence-corrected chi connectivity index (χ2v) is 12.4. The molecule has 0 saturated heterocycles. The molecule has 0 fully saturated rings. The van der Waals surface area contributed by atoms with Gasteiger partial charge in [-0.15, -0.1) is 0 Å². The van der Waals surface area contributed by atoms with Gasteiger partial charge >= 0.3 is 6.03 Å². The summed E-state index contributed by atoms with van der Waals surface area (Å²) in [6, 6.07) is 13.3. The number of aromatic amines is 1. The van der Waals surface area contributed by atoms with Gasteiger partial charge in [0.25, 0.3) is 10.0 Å². The molecule has 220 valence electrons. The normalized spacial score (nSPS) is 14.8. The second-order valence-electron chi connectivity index (χ2n) is 9.62. The van der Waals surface area contributed by atoms with E-state index in [0.29, 0.717) is 29.0 Å². The van der Waals surface area contributed by atoms with Crippen molar-refractivity contribution in [2.24, 2.45) is 0 Å². The van der Waals surface area contributed by atoms with Gasteiger partial charge in [0.05, 0.1) is 34.8 Å². The SMILES string of the molecule is Nc1nc(NC2Cc3ccccc3N(S(=O)(=O)c3cccc(NC(=O)Nc4c(F)cc(Br)cc4F)c3)C2)c2cn[nH]c2n1. The zero-order valence-electron chi connectivity index (χ0n) is 22.0. The predicted octanol–water partition coefficient (Wildman–Crippen LogP) is 4.85. The predicted molar refractivity (Wildman–Crippen MR) is 161 cm³/mol. The Morgan fingerprint density at radius 3 is 2.60 bits per heavy atom. The first-order valence-electron chi connectivity index (χ1n) is 12.7. The molecular weight excluding hydrogens is 648 g/mol. The van der Waals surface area contributed by atoms with Crippen molar-refractivity contribution < 1.29 is 22.0 Å². The highest BCUT2D eigenvalue weighted by atomic mass is 79.9. The van der Waals surface area contributed by atoms with Gasteiger partial charge in [-0.3, -0.25) is 9.40 Å². The van der Waals surface area contributed by atoms with Crippen LogP contribution < -0.4 is 26.0 Å². The average molecular weight is 670 g/mol. The summed E-state index contributed by atoms with van der Waals surface area (Å²) in [4.78, 5) is 20.8. The molecule has 1 atom stereocenters. The maximum atomic E-state index is 14.2. The Hall–Kier alpha value is -4.83. The number of para-hydroxylation sites is 1. The molecule has 1 aliphatic heterocycles. The van der Waals surface area contributed by atoms with Crippen LogP contribution in [0.3, 0.4) is 0 Å². The molecular formula is C27H22BrF2N9O3S. The van der Waals surface area contributed by atoms with Crippen LogP contribution >= 0.6 is 15.9 Å². The van der Waals surface area contributed by atoms with Gasteiger partial charge in [-0.05, 0) is 48.4 Å². The minimum absolute atomic E-state index is 0.0268. The van der Waals surface area contributed by atoms with E-state index in [1.165, 1.54) is 28.6 Å². The monoisotopic (exact) mass is 669 g/mol. The number of nitrogens with one attached hydrogen (secondary N) is 4. The quantitative estimate of drug-likeness (QED) is 0.171. The number of carbonyl (C=O) groups is 1. The van der Waals surface area contributed by atoms with Gasteiger partial charge < -0.3 is 21.7 Å². The summed E-state index contributed by atoms with van der Waals surface area (Å²) >= 11 is 2.98. The molecule has 5 aromatic rings. The van der Waals surface area contributed by atoms with Crippen molar-refractivity contribution in [3.05, 3.63) is 88.5 Å². The molecule has 16 heteroatoms. The van der Waals surface area contributed by atoms with E-state index in [1.54, 1.807) is 18.3 Å². The molecule has 0 spiro atoms. The number of amides is 2. The summed E-state index contributed by atoms with van der Waals surface area (Å²) in [5, 5.41) is 15.2. The number of sulfonamides is 1. The fraction of sp³-hybridized carbons (Fsp3) is 0.111. The van der Waals surface area contributed by atoms with E-state index in [4.69, 9.17) is 5.73 Å². The molecule has 43 heavy (non-hydrogen) atoms. The smallest absolute Gasteiger partial charge is 0.323 e. The highest BCUT2D eigenvalue weighted by molar-refractivity contribution is 9.10. The minimum atomic E-state index is -4.16. The Balaban J connectivity index is 1.26. The average Bonchev–Trinajstić information content (AvgIpc) is 3.43. The van der Waals surface area contributed by atoms with Crippen molar-refractivity contribution >= 4 is 71.8 Å². The fourth-order valence-corrected chi connectivity index (χ4v) is 6.83. The van der Waals surface area contributed by atoms with Crippen molar-refractivity contribution in [1.82, 2.24) is 20.2 Å². The summed E-state index contributed by atoms with van der Waals surface area (Å²) in [6.45, 7) is 0.0445. The highest BCUT2D eigenvalue weighted by Crippen LogP contribution is 2.34. The number of nitrogens with zero attached hydrogens (tertiary/aromatic N) is 4. The third kappa shape index (κ3) is 5.65. The molecule has 0 bridgehead atoms. The van der Waals surface area contributed by atoms with Gasteiger partial charge in [0.15, 0.2) is 17.3 Å². The largest absolute Gasteiger partial charge is 0.368 e. The Bertz CT molecular complexity index is 1970. The zero-order valence-corrected chi connectivity index (χ0v) is 24.4. The number of rotatable bonds is 6. The van der Waals surface area contributed by atoms with Crippen LogP contribution in [0.15, 0.2) is 76.2 Å². The van der Waals surface area contributed by atoms with Crippen LogP contribution in [0.4, 0.5) is 42.4 Å². The van der Waals surface area contributed by atoms with Crippen LogP contribution in [0, 0.1) is 11.6 Å². The van der Waals surface area contributed by atoms with Crippen molar-refractivity contribution in [1.29, 1.82) is 0 Å². The molecule has 6 rings (SSSR count). The lowest BCUT2D eigenvalue weighted by Gasteiger charge is -2.36. The van der Waals surface area contributed by atoms with E-state index < -0.39 is 39.4 Å². The summed E-state index contributed by atoms with van der Waals surface area (Å²) in [6.07, 6.45) is 2.05. The number of hydrogen-bond acceptors (Lipinski definition) is 8. The first-order valence-corrected chi connectivity index (χ1v) is 15.0. The number of hydrogen-bond donors (Lipinski definition) is 5. The number of aromatic nitrogens is 4. The number of nitrogens with two attached hydrogens (primary N) is 1. The van der Waals surface area contributed by atoms with Crippen LogP contribution in [0.5, 0.6) is 0 Å². The Morgan fingerprint density at radius 1 is 1.05 bits per heavy atom. The number of H-pyrrole nitrogens is 1. The van der Waals surface area contributed by atoms with Crippen LogP contribution in [0.2, 0.25) is 0 Å². The number of anilines is 5. The van der Waals surface area contributed by atoms with Gasteiger partial charge in [-0.1, -0.05) is 40.2 Å². The number of nitrogen functional groups attached to an aromatic ring is 1. The van der Waals surface area contributed by atoms with E-state index in [2.05, 4.69) is 52.0 Å². The van der Waals surface area contributed by atoms with Crippen molar-refractivity contribution in [2.45, 2.75) is 17.4 Å². The van der Waals surface area contributed by atoms with Crippen molar-refractivity contribution in [3.8, 4) is 0 Å². The Kier molecular flexibility index (Phi) is 7.31. The van der Waals surface area contributed by atoms with Gasteiger partial charge in [0.2, 0.25) is 5.95 Å². The van der Waals surface area contributed by atoms with Gasteiger partial charge in [0, 0.05) is 10.2 Å². The lowest BCUT2D eigenvalue weighted by Crippen LogP contribution is -2.45. The lowest BCUT2D eigenvalue weighted by atomic mass is 9.99. The van der Waals surface area contributed by atoms with Crippen LogP contribution in [-0.2, 0) is 16.4 Å². The van der Waals surface area contributed by atoms with E-state index >= 15 is 0 Å². The third-order valence-corrected chi connectivity index (χ3v) is 8.94. The Labute approximate surface area is 251 Å². The summed E-state index contributed by atoms with van der Waals surface area (Å²) < 4.78 is 57.9. The van der Waals surface area contributed by atoms with Crippen LogP contribution in [0.1, 0.15) is 5.56 Å². The third-order valence-electron chi connectivity index (χ3n) is 6.71. The van der Waals surface area contributed by atoms with Gasteiger partial charge in [-0.25, -0.2) is 22.0 Å². The maximum absolute atomic E-state index is 14.2. The molecule has 1 unspecified atom stereocenters. The second kappa shape index (κ2) is 11.1. The number of benzene rings is 3. The lowest BCUT2D eigenvalue weighted by molar-refractivity contribution is 0.262. The summed E-state index contributed by atoms with van der Waals surface area (Å²) in [5.74, 6) is -1.53. The van der Waals surface area contributed by atoms with E-state index in [-0.39, 0.29) is 27.5 Å². The number of carbonyl (C=O) groups excluding carboxylic acids is 1. The molecule has 2 amide bonds. The molecule has 12 nitrogen and oxygen atoms in total. The molecule has 3 heterocycles. The molecule has 0 aliphatic carbocycles. The van der Waals surface area contributed by atoms with E-state index in [9.17, 15) is 22.0 Å². The number of urea groups is 1. The zero-order chi connectivity index (χ0) is 30.3. The molecule has 2 aromatic heterocycles. The maximum Gasteiger partial charge on any atom is 0.323 e. The van der Waals surface area contributed by atoms with Crippen LogP contribution in [-0.4, -0.2) is 47.2 Å². The number of halogens is 3. The first-order chi connectivity index (χ1) is 20.6. The molecule has 6 N–H and O–H groups in total. The van der Waals surface area contributed by atoms with Crippen LogP contribution in [0.25, 0.3) is 11.0 Å². The number of fused-ring (bicyclic) bond motifs is 2. The minimum Gasteiger partial charge on any atom is -0.368 e. The van der Waals surface area contributed by atoms with Gasteiger partial charge in [-0.2, -0.15) is 15.1 Å². The standard InChI is InChI=1S/C27H22BrF2N9O3S/c28-15-9-20(29)23(21(30)10-15)35-27(40)34-16-5-3-6-18(11-16)43(41,42)39-13-17(8-14-4-1-2-7-22(14)39)33-24-19-12-32-38-25(19)37-26(31)36-24/h1-7,9-12,17H,8,13H2,(H2,34,35,40)(H4,31,32,33,36,37,38). The van der Waals surface area contributed by atoms with Gasteiger partial charge in [0.1, 0.15) is 11.5 Å². The van der Waals surface area contributed by atoms with E-state index in [0.717, 1.165) is 17.7 Å². The van der Waals surface area contributed by atoms with Crippen molar-refractivity contribution in [2.75, 3.05) is 32.5 Å².